The molecule has 0 bridgehead atoms. The van der Waals surface area contributed by atoms with E-state index in [4.69, 9.17) is 0 Å². The Morgan fingerprint density at radius 1 is 1.39 bits per heavy atom. The van der Waals surface area contributed by atoms with E-state index < -0.39 is 0 Å². The summed E-state index contributed by atoms with van der Waals surface area (Å²) in [6.07, 6.45) is 0.971. The van der Waals surface area contributed by atoms with E-state index in [9.17, 15) is 9.18 Å². The first-order valence-electron chi connectivity index (χ1n) is 6.37. The van der Waals surface area contributed by atoms with Crippen molar-refractivity contribution >= 4 is 5.91 Å². The fourth-order valence-corrected chi connectivity index (χ4v) is 1.81. The molecule has 0 aromatic heterocycles. The first-order chi connectivity index (χ1) is 8.63. The molecule has 1 unspecified atom stereocenters. The molecule has 0 heterocycles. The highest BCUT2D eigenvalue weighted by atomic mass is 19.1. The molecule has 0 aliphatic carbocycles. The summed E-state index contributed by atoms with van der Waals surface area (Å²) < 4.78 is 13.3. The van der Waals surface area contributed by atoms with Crippen molar-refractivity contribution in [3.63, 3.8) is 0 Å². The molecule has 4 heteroatoms. The minimum atomic E-state index is -0.215. The molecule has 18 heavy (non-hydrogen) atoms. The van der Waals surface area contributed by atoms with Crippen molar-refractivity contribution in [2.45, 2.75) is 32.7 Å². The van der Waals surface area contributed by atoms with Gasteiger partial charge in [-0.05, 0) is 31.5 Å². The molecule has 0 saturated heterocycles. The second kappa shape index (κ2) is 7.82. The number of halogens is 1. The van der Waals surface area contributed by atoms with Gasteiger partial charge in [-0.3, -0.25) is 4.79 Å². The van der Waals surface area contributed by atoms with E-state index in [1.807, 2.05) is 13.8 Å². The first kappa shape index (κ1) is 14.6. The molecule has 0 aliphatic rings. The predicted octanol–water partition coefficient (Wildman–Crippen LogP) is 1.87. The van der Waals surface area contributed by atoms with Crippen LogP contribution in [0.3, 0.4) is 0 Å². The highest BCUT2D eigenvalue weighted by molar-refractivity contribution is 5.76. The third-order valence-corrected chi connectivity index (χ3v) is 2.72. The molecule has 3 nitrogen and oxygen atoms in total. The summed E-state index contributed by atoms with van der Waals surface area (Å²) in [7, 11) is 0. The largest absolute Gasteiger partial charge is 0.356 e. The maximum absolute atomic E-state index is 13.3. The maximum atomic E-state index is 13.3. The van der Waals surface area contributed by atoms with E-state index in [2.05, 4.69) is 10.6 Å². The van der Waals surface area contributed by atoms with Crippen LogP contribution in [0.5, 0.6) is 0 Å². The van der Waals surface area contributed by atoms with Crippen molar-refractivity contribution < 1.29 is 9.18 Å². The number of rotatable bonds is 7. The summed E-state index contributed by atoms with van der Waals surface area (Å²) in [6.45, 7) is 5.30. The SMILES string of the molecule is CCNC(C)CC(=O)NCCc1ccccc1F. The first-order valence-corrected chi connectivity index (χ1v) is 6.37. The van der Waals surface area contributed by atoms with E-state index in [1.165, 1.54) is 6.07 Å². The summed E-state index contributed by atoms with van der Waals surface area (Å²) in [4.78, 5) is 11.6. The van der Waals surface area contributed by atoms with E-state index in [-0.39, 0.29) is 17.8 Å². The van der Waals surface area contributed by atoms with E-state index in [1.54, 1.807) is 18.2 Å². The molecule has 1 atom stereocenters. The zero-order valence-corrected chi connectivity index (χ0v) is 11.0. The molecule has 1 amide bonds. The van der Waals surface area contributed by atoms with E-state index >= 15 is 0 Å². The number of carbonyl (C=O) groups is 1. The molecule has 0 radical (unpaired) electrons. The molecule has 0 fully saturated rings. The van der Waals surface area contributed by atoms with Crippen LogP contribution in [0.4, 0.5) is 4.39 Å². The molecule has 1 aromatic carbocycles. The second-order valence-electron chi connectivity index (χ2n) is 4.35. The van der Waals surface area contributed by atoms with Crippen LogP contribution >= 0.6 is 0 Å². The summed E-state index contributed by atoms with van der Waals surface area (Å²) in [5.41, 5.74) is 0.637. The molecular weight excluding hydrogens is 231 g/mol. The molecule has 1 aromatic rings. The fraction of sp³-hybridized carbons (Fsp3) is 0.500. The molecule has 0 spiro atoms. The van der Waals surface area contributed by atoms with Gasteiger partial charge in [0.05, 0.1) is 0 Å². The number of hydrogen-bond acceptors (Lipinski definition) is 2. The average Bonchev–Trinajstić information content (AvgIpc) is 2.31. The van der Waals surface area contributed by atoms with Gasteiger partial charge < -0.3 is 10.6 Å². The van der Waals surface area contributed by atoms with Gasteiger partial charge in [0, 0.05) is 19.0 Å². The standard InChI is InChI=1S/C14H21FN2O/c1-3-16-11(2)10-14(18)17-9-8-12-6-4-5-7-13(12)15/h4-7,11,16H,3,8-10H2,1-2H3,(H,17,18). The van der Waals surface area contributed by atoms with Crippen molar-refractivity contribution in [3.8, 4) is 0 Å². The smallest absolute Gasteiger partial charge is 0.221 e. The molecule has 0 saturated carbocycles. The van der Waals surface area contributed by atoms with Gasteiger partial charge >= 0.3 is 0 Å². The van der Waals surface area contributed by atoms with E-state index in [0.717, 1.165) is 6.54 Å². The van der Waals surface area contributed by atoms with Crippen LogP contribution in [0.15, 0.2) is 24.3 Å². The van der Waals surface area contributed by atoms with Crippen molar-refractivity contribution in [1.29, 1.82) is 0 Å². The lowest BCUT2D eigenvalue weighted by Crippen LogP contribution is -2.34. The van der Waals surface area contributed by atoms with Crippen LogP contribution in [0, 0.1) is 5.82 Å². The Labute approximate surface area is 108 Å². The zero-order valence-electron chi connectivity index (χ0n) is 11.0. The van der Waals surface area contributed by atoms with Crippen LogP contribution < -0.4 is 10.6 Å². The van der Waals surface area contributed by atoms with Crippen LogP contribution in [0.2, 0.25) is 0 Å². The number of amides is 1. The van der Waals surface area contributed by atoms with Crippen molar-refractivity contribution in [2.75, 3.05) is 13.1 Å². The van der Waals surface area contributed by atoms with Crippen LogP contribution in [0.1, 0.15) is 25.8 Å². The molecule has 100 valence electrons. The Balaban J connectivity index is 2.25. The molecule has 0 aliphatic heterocycles. The van der Waals surface area contributed by atoms with Gasteiger partial charge in [0.25, 0.3) is 0 Å². The lowest BCUT2D eigenvalue weighted by molar-refractivity contribution is -0.121. The average molecular weight is 252 g/mol. The van der Waals surface area contributed by atoms with Gasteiger partial charge in [0.2, 0.25) is 5.91 Å². The van der Waals surface area contributed by atoms with Crippen molar-refractivity contribution in [1.82, 2.24) is 10.6 Å². The lowest BCUT2D eigenvalue weighted by Gasteiger charge is -2.12. The Morgan fingerprint density at radius 2 is 2.11 bits per heavy atom. The second-order valence-corrected chi connectivity index (χ2v) is 4.35. The van der Waals surface area contributed by atoms with Crippen LogP contribution in [-0.2, 0) is 11.2 Å². The number of benzene rings is 1. The zero-order chi connectivity index (χ0) is 13.4. The van der Waals surface area contributed by atoms with Gasteiger partial charge in [-0.25, -0.2) is 4.39 Å². The third kappa shape index (κ3) is 5.27. The third-order valence-electron chi connectivity index (χ3n) is 2.72. The van der Waals surface area contributed by atoms with Gasteiger partial charge in [-0.2, -0.15) is 0 Å². The normalized spacial score (nSPS) is 12.2. The lowest BCUT2D eigenvalue weighted by atomic mass is 10.1. The van der Waals surface area contributed by atoms with Gasteiger partial charge in [0.15, 0.2) is 0 Å². The Bertz CT molecular complexity index is 382. The Hall–Kier alpha value is -1.42. The van der Waals surface area contributed by atoms with Crippen LogP contribution in [-0.4, -0.2) is 25.0 Å². The molecular formula is C14H21FN2O. The molecule has 2 N–H and O–H groups in total. The predicted molar refractivity (Wildman–Crippen MR) is 70.9 cm³/mol. The topological polar surface area (TPSA) is 41.1 Å². The minimum absolute atomic E-state index is 0.000195. The van der Waals surface area contributed by atoms with E-state index in [0.29, 0.717) is 24.9 Å². The number of hydrogen-bond donors (Lipinski definition) is 2. The number of nitrogens with one attached hydrogen (secondary N) is 2. The highest BCUT2D eigenvalue weighted by Crippen LogP contribution is 2.06. The summed E-state index contributed by atoms with van der Waals surface area (Å²) >= 11 is 0. The van der Waals surface area contributed by atoms with Gasteiger partial charge in [-0.1, -0.05) is 25.1 Å². The minimum Gasteiger partial charge on any atom is -0.356 e. The maximum Gasteiger partial charge on any atom is 0.221 e. The fourth-order valence-electron chi connectivity index (χ4n) is 1.81. The van der Waals surface area contributed by atoms with Gasteiger partial charge in [-0.15, -0.1) is 0 Å². The molecule has 1 rings (SSSR count). The van der Waals surface area contributed by atoms with Crippen molar-refractivity contribution in [3.05, 3.63) is 35.6 Å². The van der Waals surface area contributed by atoms with Crippen molar-refractivity contribution in [2.24, 2.45) is 0 Å². The Kier molecular flexibility index (Phi) is 6.36. The highest BCUT2D eigenvalue weighted by Gasteiger charge is 2.07. The number of carbonyl (C=O) groups excluding carboxylic acids is 1. The Morgan fingerprint density at radius 3 is 2.78 bits per heavy atom. The summed E-state index contributed by atoms with van der Waals surface area (Å²) in [5, 5.41) is 5.97. The van der Waals surface area contributed by atoms with Gasteiger partial charge in [0.1, 0.15) is 5.82 Å². The quantitative estimate of drug-likeness (QED) is 0.778. The van der Waals surface area contributed by atoms with Crippen LogP contribution in [0.25, 0.3) is 0 Å². The summed E-state index contributed by atoms with van der Waals surface area (Å²) in [6, 6.07) is 6.80. The summed E-state index contributed by atoms with van der Waals surface area (Å²) in [5.74, 6) is -0.215. The monoisotopic (exact) mass is 252 g/mol.